The van der Waals surface area contributed by atoms with E-state index in [-0.39, 0.29) is 6.54 Å². The molecule has 8 heteroatoms. The number of nitrogens with one attached hydrogen (secondary N) is 2. The normalized spacial score (nSPS) is 11.2. The summed E-state index contributed by atoms with van der Waals surface area (Å²) in [5.41, 5.74) is 3.41. The standard InChI is InChI=1S/C13H19N3O4S/c1-4-16(13(2,3)12(19)20)8-10(17)14-15-11(18)9-6-5-7-21-9/h5-7H,4,8H2,1-3H3,(H,14,17)(H,15,18)(H,19,20). The molecule has 1 heterocycles. The highest BCUT2D eigenvalue weighted by molar-refractivity contribution is 7.12. The number of nitrogens with zero attached hydrogens (tertiary/aromatic N) is 1. The zero-order chi connectivity index (χ0) is 16.0. The Hall–Kier alpha value is -1.93. The second-order valence-electron chi connectivity index (χ2n) is 4.86. The second kappa shape index (κ2) is 7.19. The predicted molar refractivity (Wildman–Crippen MR) is 78.9 cm³/mol. The van der Waals surface area contributed by atoms with Crippen LogP contribution in [-0.4, -0.2) is 46.4 Å². The molecule has 0 saturated heterocycles. The second-order valence-corrected chi connectivity index (χ2v) is 5.81. The van der Waals surface area contributed by atoms with Gasteiger partial charge in [0.1, 0.15) is 5.54 Å². The van der Waals surface area contributed by atoms with Crippen LogP contribution in [0.25, 0.3) is 0 Å². The van der Waals surface area contributed by atoms with Crippen molar-refractivity contribution in [3.63, 3.8) is 0 Å². The number of aliphatic carboxylic acids is 1. The van der Waals surface area contributed by atoms with E-state index in [1.54, 1.807) is 24.4 Å². The van der Waals surface area contributed by atoms with Crippen LogP contribution in [-0.2, 0) is 9.59 Å². The Morgan fingerprint density at radius 2 is 2.00 bits per heavy atom. The SMILES string of the molecule is CCN(CC(=O)NNC(=O)c1cccs1)C(C)(C)C(=O)O. The highest BCUT2D eigenvalue weighted by atomic mass is 32.1. The molecular formula is C13H19N3O4S. The summed E-state index contributed by atoms with van der Waals surface area (Å²) in [6, 6.07) is 3.37. The molecule has 0 fully saturated rings. The monoisotopic (exact) mass is 313 g/mol. The summed E-state index contributed by atoms with van der Waals surface area (Å²) in [6.45, 7) is 5.08. The van der Waals surface area contributed by atoms with Crippen molar-refractivity contribution in [2.24, 2.45) is 0 Å². The van der Waals surface area contributed by atoms with Gasteiger partial charge in [-0.25, -0.2) is 0 Å². The summed E-state index contributed by atoms with van der Waals surface area (Å²) < 4.78 is 0. The van der Waals surface area contributed by atoms with E-state index < -0.39 is 23.3 Å². The first-order valence-corrected chi connectivity index (χ1v) is 7.28. The maximum absolute atomic E-state index is 11.8. The van der Waals surface area contributed by atoms with Crippen molar-refractivity contribution < 1.29 is 19.5 Å². The van der Waals surface area contributed by atoms with Crippen LogP contribution in [0, 0.1) is 0 Å². The number of amides is 2. The van der Waals surface area contributed by atoms with Crippen molar-refractivity contribution in [2.75, 3.05) is 13.1 Å². The fourth-order valence-electron chi connectivity index (χ4n) is 1.65. The summed E-state index contributed by atoms with van der Waals surface area (Å²) in [5, 5.41) is 10.9. The zero-order valence-electron chi connectivity index (χ0n) is 12.2. The lowest BCUT2D eigenvalue weighted by Crippen LogP contribution is -2.55. The first-order chi connectivity index (χ1) is 9.78. The molecule has 0 saturated carbocycles. The molecule has 1 rings (SSSR count). The molecule has 0 aliphatic heterocycles. The summed E-state index contributed by atoms with van der Waals surface area (Å²) in [5.74, 6) is -1.89. The summed E-state index contributed by atoms with van der Waals surface area (Å²) in [4.78, 5) is 36.6. The molecule has 7 nitrogen and oxygen atoms in total. The van der Waals surface area contributed by atoms with Crippen LogP contribution in [0.3, 0.4) is 0 Å². The lowest BCUT2D eigenvalue weighted by Gasteiger charge is -2.33. The lowest BCUT2D eigenvalue weighted by molar-refractivity contribution is -0.150. The third kappa shape index (κ3) is 4.54. The Morgan fingerprint density at radius 1 is 1.33 bits per heavy atom. The van der Waals surface area contributed by atoms with E-state index in [0.717, 1.165) is 0 Å². The maximum Gasteiger partial charge on any atom is 0.323 e. The van der Waals surface area contributed by atoms with Gasteiger partial charge in [-0.2, -0.15) is 0 Å². The quantitative estimate of drug-likeness (QED) is 0.671. The van der Waals surface area contributed by atoms with E-state index in [0.29, 0.717) is 11.4 Å². The molecule has 0 radical (unpaired) electrons. The van der Waals surface area contributed by atoms with Crippen LogP contribution < -0.4 is 10.9 Å². The van der Waals surface area contributed by atoms with Gasteiger partial charge in [0.25, 0.3) is 11.8 Å². The molecule has 0 atom stereocenters. The molecule has 0 spiro atoms. The third-order valence-corrected chi connectivity index (χ3v) is 3.96. The van der Waals surface area contributed by atoms with Gasteiger partial charge in [-0.1, -0.05) is 13.0 Å². The van der Waals surface area contributed by atoms with Crippen molar-refractivity contribution in [1.29, 1.82) is 0 Å². The topological polar surface area (TPSA) is 98.7 Å². The van der Waals surface area contributed by atoms with Gasteiger partial charge < -0.3 is 5.11 Å². The third-order valence-electron chi connectivity index (χ3n) is 3.09. The minimum Gasteiger partial charge on any atom is -0.480 e. The largest absolute Gasteiger partial charge is 0.480 e. The number of carbonyl (C=O) groups is 3. The fourth-order valence-corrected chi connectivity index (χ4v) is 2.27. The zero-order valence-corrected chi connectivity index (χ0v) is 13.0. The number of carbonyl (C=O) groups excluding carboxylic acids is 2. The number of thiophene rings is 1. The molecular weight excluding hydrogens is 294 g/mol. The van der Waals surface area contributed by atoms with Crippen molar-refractivity contribution >= 4 is 29.1 Å². The minimum absolute atomic E-state index is 0.124. The molecule has 0 bridgehead atoms. The molecule has 21 heavy (non-hydrogen) atoms. The predicted octanol–water partition coefficient (Wildman–Crippen LogP) is 0.694. The Morgan fingerprint density at radius 3 is 2.48 bits per heavy atom. The molecule has 1 aromatic rings. The molecule has 0 aliphatic carbocycles. The van der Waals surface area contributed by atoms with Crippen molar-refractivity contribution in [1.82, 2.24) is 15.8 Å². The summed E-state index contributed by atoms with van der Waals surface area (Å²) in [7, 11) is 0. The molecule has 3 N–H and O–H groups in total. The first kappa shape index (κ1) is 17.1. The van der Waals surface area contributed by atoms with Gasteiger partial charge in [0.15, 0.2) is 0 Å². The van der Waals surface area contributed by atoms with Crippen LogP contribution in [0.5, 0.6) is 0 Å². The number of hydrogen-bond acceptors (Lipinski definition) is 5. The Kier molecular flexibility index (Phi) is 5.86. The van der Waals surface area contributed by atoms with Crippen molar-refractivity contribution in [3.8, 4) is 0 Å². The van der Waals surface area contributed by atoms with Crippen molar-refractivity contribution in [3.05, 3.63) is 22.4 Å². The Bertz CT molecular complexity index is 513. The average molecular weight is 313 g/mol. The Balaban J connectivity index is 2.52. The molecule has 116 valence electrons. The number of carboxylic acid groups (broad SMARTS) is 1. The van der Waals surface area contributed by atoms with E-state index in [1.807, 2.05) is 0 Å². The van der Waals surface area contributed by atoms with Gasteiger partial charge in [-0.3, -0.25) is 30.1 Å². The van der Waals surface area contributed by atoms with Crippen molar-refractivity contribution in [2.45, 2.75) is 26.3 Å². The van der Waals surface area contributed by atoms with Gasteiger partial charge >= 0.3 is 5.97 Å². The van der Waals surface area contributed by atoms with Crippen LogP contribution in [0.15, 0.2) is 17.5 Å². The van der Waals surface area contributed by atoms with E-state index in [9.17, 15) is 14.4 Å². The van der Waals surface area contributed by atoms with Gasteiger partial charge in [0.2, 0.25) is 0 Å². The average Bonchev–Trinajstić information content (AvgIpc) is 2.95. The number of carboxylic acids is 1. The van der Waals surface area contributed by atoms with Crippen LogP contribution >= 0.6 is 11.3 Å². The number of hydrogen-bond donors (Lipinski definition) is 3. The Labute approximate surface area is 126 Å². The number of hydrazine groups is 1. The molecule has 2 amide bonds. The number of likely N-dealkylation sites (N-methyl/N-ethyl adjacent to an activating group) is 1. The van der Waals surface area contributed by atoms with E-state index in [4.69, 9.17) is 5.11 Å². The summed E-state index contributed by atoms with van der Waals surface area (Å²) >= 11 is 1.26. The smallest absolute Gasteiger partial charge is 0.323 e. The van der Waals surface area contributed by atoms with Crippen LogP contribution in [0.1, 0.15) is 30.4 Å². The van der Waals surface area contributed by atoms with Crippen LogP contribution in [0.4, 0.5) is 0 Å². The van der Waals surface area contributed by atoms with Gasteiger partial charge in [0.05, 0.1) is 11.4 Å². The molecule has 0 aromatic carbocycles. The van der Waals surface area contributed by atoms with Gasteiger partial charge in [0, 0.05) is 0 Å². The highest BCUT2D eigenvalue weighted by Gasteiger charge is 2.34. The summed E-state index contributed by atoms with van der Waals surface area (Å²) in [6.07, 6.45) is 0. The van der Waals surface area contributed by atoms with Gasteiger partial charge in [-0.05, 0) is 31.8 Å². The lowest BCUT2D eigenvalue weighted by atomic mass is 10.0. The maximum atomic E-state index is 11.8. The fraction of sp³-hybridized carbons (Fsp3) is 0.462. The molecule has 0 aliphatic rings. The first-order valence-electron chi connectivity index (χ1n) is 6.40. The van der Waals surface area contributed by atoms with Gasteiger partial charge in [-0.15, -0.1) is 11.3 Å². The van der Waals surface area contributed by atoms with Crippen LogP contribution in [0.2, 0.25) is 0 Å². The molecule has 0 unspecified atom stereocenters. The van der Waals surface area contributed by atoms with E-state index >= 15 is 0 Å². The highest BCUT2D eigenvalue weighted by Crippen LogP contribution is 2.13. The van der Waals surface area contributed by atoms with E-state index in [2.05, 4.69) is 10.9 Å². The molecule has 1 aromatic heterocycles. The van der Waals surface area contributed by atoms with E-state index in [1.165, 1.54) is 30.1 Å². The minimum atomic E-state index is -1.16. The number of rotatable bonds is 6.